The van der Waals surface area contributed by atoms with Gasteiger partial charge in [-0.3, -0.25) is 0 Å². The Hall–Kier alpha value is -0.520. The molecule has 0 heterocycles. The normalized spacial score (nSPS) is 32.9. The lowest BCUT2D eigenvalue weighted by Gasteiger charge is -1.99. The fraction of sp³-hybridized carbons (Fsp3) is 0.500. The molecule has 0 nitrogen and oxygen atoms in total. The molecule has 0 aliphatic heterocycles. The second-order valence-electron chi connectivity index (χ2n) is 2.83. The summed E-state index contributed by atoms with van der Waals surface area (Å²) in [5, 5.41) is 0. The lowest BCUT2D eigenvalue weighted by molar-refractivity contribution is 0.715. The van der Waals surface area contributed by atoms with Crippen LogP contribution in [0.3, 0.4) is 0 Å². The monoisotopic (exact) mass is 106 g/mol. The predicted octanol–water partition coefficient (Wildman–Crippen LogP) is 2.28. The van der Waals surface area contributed by atoms with Gasteiger partial charge in [-0.2, -0.15) is 0 Å². The molecule has 0 fully saturated rings. The van der Waals surface area contributed by atoms with Gasteiger partial charge in [-0.25, -0.2) is 0 Å². The molecule has 0 amide bonds. The zero-order valence-corrected chi connectivity index (χ0v) is 5.15. The minimum atomic E-state index is 0.894. The Morgan fingerprint density at radius 2 is 2.38 bits per heavy atom. The number of hydrogen-bond donors (Lipinski definition) is 0. The van der Waals surface area contributed by atoms with Crippen molar-refractivity contribution in [3.8, 4) is 0 Å². The summed E-state index contributed by atoms with van der Waals surface area (Å²) in [5.74, 6) is 0.894. The van der Waals surface area contributed by atoms with E-state index >= 15 is 0 Å². The van der Waals surface area contributed by atoms with Crippen LogP contribution in [0.4, 0.5) is 0 Å². The van der Waals surface area contributed by atoms with Gasteiger partial charge in [-0.05, 0) is 31.3 Å². The Morgan fingerprint density at radius 3 is 2.62 bits per heavy atom. The molecule has 8 heavy (non-hydrogen) atoms. The topological polar surface area (TPSA) is 0 Å². The third-order valence-corrected chi connectivity index (χ3v) is 2.17. The Kier molecular flexibility index (Phi) is 0.682. The van der Waals surface area contributed by atoms with Gasteiger partial charge in [-0.15, -0.1) is 0 Å². The SMILES string of the molecule is CC1=C2C=CC(C1)C2. The number of fused-ring (bicyclic) bond motifs is 2. The minimum absolute atomic E-state index is 0.894. The van der Waals surface area contributed by atoms with Gasteiger partial charge >= 0.3 is 0 Å². The first-order valence-electron chi connectivity index (χ1n) is 3.23. The smallest absolute Gasteiger partial charge is 0.0152 e. The van der Waals surface area contributed by atoms with Crippen LogP contribution in [0.15, 0.2) is 23.3 Å². The highest BCUT2D eigenvalue weighted by molar-refractivity contribution is 5.37. The highest BCUT2D eigenvalue weighted by atomic mass is 14.3. The summed E-state index contributed by atoms with van der Waals surface area (Å²) in [6, 6.07) is 0. The Labute approximate surface area is 49.9 Å². The Bertz CT molecular complexity index is 170. The van der Waals surface area contributed by atoms with Crippen LogP contribution < -0.4 is 0 Å². The molecule has 42 valence electrons. The summed E-state index contributed by atoms with van der Waals surface area (Å²) in [5.41, 5.74) is 3.23. The predicted molar refractivity (Wildman–Crippen MR) is 34.6 cm³/mol. The van der Waals surface area contributed by atoms with Crippen LogP contribution >= 0.6 is 0 Å². The van der Waals surface area contributed by atoms with Crippen molar-refractivity contribution in [3.63, 3.8) is 0 Å². The van der Waals surface area contributed by atoms with Crippen LogP contribution in [0.2, 0.25) is 0 Å². The molecular formula is C8H10. The Balaban J connectivity index is 2.46. The Morgan fingerprint density at radius 1 is 1.50 bits per heavy atom. The van der Waals surface area contributed by atoms with Gasteiger partial charge in [0.05, 0.1) is 0 Å². The van der Waals surface area contributed by atoms with E-state index in [1.807, 2.05) is 0 Å². The van der Waals surface area contributed by atoms with Gasteiger partial charge in [0.2, 0.25) is 0 Å². The number of hydrogen-bond acceptors (Lipinski definition) is 0. The van der Waals surface area contributed by atoms with E-state index in [0.29, 0.717) is 0 Å². The van der Waals surface area contributed by atoms with E-state index in [4.69, 9.17) is 0 Å². The maximum atomic E-state index is 2.34. The summed E-state index contributed by atoms with van der Waals surface area (Å²) in [7, 11) is 0. The van der Waals surface area contributed by atoms with Gasteiger partial charge < -0.3 is 0 Å². The molecule has 2 bridgehead atoms. The van der Waals surface area contributed by atoms with Crippen molar-refractivity contribution in [2.75, 3.05) is 0 Å². The molecule has 1 unspecified atom stereocenters. The van der Waals surface area contributed by atoms with Gasteiger partial charge in [-0.1, -0.05) is 17.7 Å². The number of rotatable bonds is 0. The van der Waals surface area contributed by atoms with Crippen LogP contribution in [0.25, 0.3) is 0 Å². The van der Waals surface area contributed by atoms with E-state index in [2.05, 4.69) is 19.1 Å². The van der Waals surface area contributed by atoms with Crippen molar-refractivity contribution in [3.05, 3.63) is 23.3 Å². The maximum absolute atomic E-state index is 2.34. The van der Waals surface area contributed by atoms with Gasteiger partial charge in [0, 0.05) is 0 Å². The lowest BCUT2D eigenvalue weighted by Crippen LogP contribution is -1.84. The van der Waals surface area contributed by atoms with Gasteiger partial charge in [0.15, 0.2) is 0 Å². The molecule has 2 rings (SSSR count). The average Bonchev–Trinajstić information content (AvgIpc) is 2.23. The van der Waals surface area contributed by atoms with E-state index < -0.39 is 0 Å². The van der Waals surface area contributed by atoms with Gasteiger partial charge in [0.1, 0.15) is 0 Å². The highest BCUT2D eigenvalue weighted by Gasteiger charge is 2.22. The van der Waals surface area contributed by atoms with Gasteiger partial charge in [0.25, 0.3) is 0 Å². The molecule has 0 saturated heterocycles. The van der Waals surface area contributed by atoms with Crippen molar-refractivity contribution >= 4 is 0 Å². The summed E-state index contributed by atoms with van der Waals surface area (Å²) < 4.78 is 0. The van der Waals surface area contributed by atoms with Crippen LogP contribution in [-0.2, 0) is 0 Å². The second-order valence-corrected chi connectivity index (χ2v) is 2.83. The highest BCUT2D eigenvalue weighted by Crippen LogP contribution is 2.38. The van der Waals surface area contributed by atoms with Crippen molar-refractivity contribution in [1.82, 2.24) is 0 Å². The molecule has 0 aromatic heterocycles. The van der Waals surface area contributed by atoms with E-state index in [1.165, 1.54) is 12.8 Å². The largest absolute Gasteiger partial charge is 0.0805 e. The second kappa shape index (κ2) is 1.25. The van der Waals surface area contributed by atoms with Crippen molar-refractivity contribution in [2.24, 2.45) is 5.92 Å². The summed E-state index contributed by atoms with van der Waals surface area (Å²) in [6.45, 7) is 2.25. The standard InChI is InChI=1S/C8H10/c1-6-4-7-2-3-8(6)5-7/h2-3,7H,4-5H2,1H3. The van der Waals surface area contributed by atoms with E-state index in [0.717, 1.165) is 5.92 Å². The molecule has 0 aromatic carbocycles. The van der Waals surface area contributed by atoms with Crippen molar-refractivity contribution in [1.29, 1.82) is 0 Å². The third-order valence-electron chi connectivity index (χ3n) is 2.17. The first kappa shape index (κ1) is 4.37. The molecule has 0 saturated carbocycles. The quantitative estimate of drug-likeness (QED) is 0.444. The molecule has 1 atom stereocenters. The molecule has 0 N–H and O–H groups in total. The molecule has 2 aliphatic rings. The third kappa shape index (κ3) is 0.405. The molecule has 0 radical (unpaired) electrons. The number of allylic oxidation sites excluding steroid dienone is 4. The zero-order chi connectivity index (χ0) is 5.56. The van der Waals surface area contributed by atoms with Crippen molar-refractivity contribution < 1.29 is 0 Å². The summed E-state index contributed by atoms with van der Waals surface area (Å²) in [4.78, 5) is 0. The molecule has 2 aliphatic carbocycles. The maximum Gasteiger partial charge on any atom is -0.0152 e. The fourth-order valence-corrected chi connectivity index (χ4v) is 1.65. The first-order valence-corrected chi connectivity index (χ1v) is 3.23. The van der Waals surface area contributed by atoms with Crippen LogP contribution in [0.1, 0.15) is 19.8 Å². The average molecular weight is 106 g/mol. The molecule has 0 spiro atoms. The minimum Gasteiger partial charge on any atom is -0.0805 e. The molecule has 0 aromatic rings. The summed E-state index contributed by atoms with van der Waals surface area (Å²) >= 11 is 0. The zero-order valence-electron chi connectivity index (χ0n) is 5.15. The van der Waals surface area contributed by atoms with E-state index in [1.54, 1.807) is 11.1 Å². The van der Waals surface area contributed by atoms with Crippen LogP contribution in [-0.4, -0.2) is 0 Å². The summed E-state index contributed by atoms with van der Waals surface area (Å²) in [6.07, 6.45) is 7.30. The molecular weight excluding hydrogens is 96.1 g/mol. The van der Waals surface area contributed by atoms with E-state index in [-0.39, 0.29) is 0 Å². The lowest BCUT2D eigenvalue weighted by atomic mass is 10.1. The first-order chi connectivity index (χ1) is 3.86. The molecule has 0 heteroatoms. The fourth-order valence-electron chi connectivity index (χ4n) is 1.65. The van der Waals surface area contributed by atoms with E-state index in [9.17, 15) is 0 Å². The van der Waals surface area contributed by atoms with Crippen molar-refractivity contribution in [2.45, 2.75) is 19.8 Å². The van der Waals surface area contributed by atoms with Crippen LogP contribution in [0, 0.1) is 5.92 Å². The van der Waals surface area contributed by atoms with Crippen LogP contribution in [0.5, 0.6) is 0 Å².